The van der Waals surface area contributed by atoms with Gasteiger partial charge in [-0.25, -0.2) is 9.59 Å². The number of anilines is 2. The molecule has 0 fully saturated rings. The van der Waals surface area contributed by atoms with Crippen LogP contribution in [-0.2, 0) is 6.42 Å². The minimum absolute atomic E-state index is 0.160. The average molecular weight is 763 g/mol. The molecule has 0 spiro atoms. The fourth-order valence-electron chi connectivity index (χ4n) is 7.15. The lowest BCUT2D eigenvalue weighted by atomic mass is 10.0. The third kappa shape index (κ3) is 25.6. The number of hydrogen-bond donors (Lipinski definition) is 4. The Bertz CT molecular complexity index is 1120. The summed E-state index contributed by atoms with van der Waals surface area (Å²) in [6.07, 6.45) is 25.8. The van der Waals surface area contributed by atoms with E-state index in [1.807, 2.05) is 36.4 Å². The van der Waals surface area contributed by atoms with Crippen LogP contribution in [-0.4, -0.2) is 74.2 Å². The van der Waals surface area contributed by atoms with Crippen molar-refractivity contribution in [3.8, 4) is 0 Å². The Hall–Kier alpha value is -3.10. The monoisotopic (exact) mass is 763 g/mol. The highest BCUT2D eigenvalue weighted by Crippen LogP contribution is 2.18. The van der Waals surface area contributed by atoms with Crippen LogP contribution in [0.5, 0.6) is 0 Å². The molecule has 2 aromatic carbocycles. The summed E-state index contributed by atoms with van der Waals surface area (Å²) in [6, 6.07) is 15.7. The second-order valence-electron chi connectivity index (χ2n) is 15.7. The van der Waals surface area contributed by atoms with E-state index >= 15 is 0 Å². The molecule has 0 radical (unpaired) electrons. The summed E-state index contributed by atoms with van der Waals surface area (Å²) in [4.78, 5) is 30.7. The van der Waals surface area contributed by atoms with Crippen molar-refractivity contribution in [1.82, 2.24) is 20.4 Å². The third-order valence-corrected chi connectivity index (χ3v) is 10.5. The Labute approximate surface area is 337 Å². The van der Waals surface area contributed by atoms with Crippen LogP contribution in [0.1, 0.15) is 167 Å². The molecule has 4 amide bonds. The van der Waals surface area contributed by atoms with E-state index in [0.717, 1.165) is 61.3 Å². The zero-order valence-corrected chi connectivity index (χ0v) is 35.8. The summed E-state index contributed by atoms with van der Waals surface area (Å²) < 4.78 is 0. The maximum absolute atomic E-state index is 12.7. The molecule has 0 aliphatic carbocycles. The second kappa shape index (κ2) is 33.1. The number of unbranched alkanes of at least 4 members (excludes halogenated alkanes) is 14. The summed E-state index contributed by atoms with van der Waals surface area (Å²) >= 11 is 0. The molecule has 0 bridgehead atoms. The van der Waals surface area contributed by atoms with Crippen LogP contribution >= 0.6 is 0 Å². The quantitative estimate of drug-likeness (QED) is 0.0535. The molecule has 2 aromatic rings. The van der Waals surface area contributed by atoms with Crippen molar-refractivity contribution in [2.24, 2.45) is 0 Å². The first-order valence-electron chi connectivity index (χ1n) is 22.7. The van der Waals surface area contributed by atoms with Crippen molar-refractivity contribution >= 4 is 23.4 Å². The summed E-state index contributed by atoms with van der Waals surface area (Å²) in [5, 5.41) is 12.1. The number of rotatable bonds is 34. The molecule has 0 atom stereocenters. The molecule has 0 saturated carbocycles. The van der Waals surface area contributed by atoms with E-state index in [4.69, 9.17) is 0 Å². The Morgan fingerprint density at radius 3 is 1.09 bits per heavy atom. The van der Waals surface area contributed by atoms with Gasteiger partial charge in [0.05, 0.1) is 0 Å². The van der Waals surface area contributed by atoms with Gasteiger partial charge < -0.3 is 31.1 Å². The lowest BCUT2D eigenvalue weighted by Gasteiger charge is -2.22. The molecule has 55 heavy (non-hydrogen) atoms. The van der Waals surface area contributed by atoms with Crippen LogP contribution in [0.3, 0.4) is 0 Å². The molecule has 0 aromatic heterocycles. The molecule has 8 nitrogen and oxygen atoms in total. The van der Waals surface area contributed by atoms with Crippen molar-refractivity contribution < 1.29 is 9.59 Å². The lowest BCUT2D eigenvalue weighted by molar-refractivity contribution is 0.247. The van der Waals surface area contributed by atoms with Crippen LogP contribution in [0.15, 0.2) is 48.5 Å². The molecule has 0 heterocycles. The Morgan fingerprint density at radius 1 is 0.436 bits per heavy atom. The topological polar surface area (TPSA) is 88.7 Å². The highest BCUT2D eigenvalue weighted by atomic mass is 16.2. The number of nitrogens with zero attached hydrogens (tertiary/aromatic N) is 2. The zero-order chi connectivity index (χ0) is 39.6. The highest BCUT2D eigenvalue weighted by molar-refractivity contribution is 5.89. The number of nitrogens with one attached hydrogen (secondary N) is 4. The van der Waals surface area contributed by atoms with Gasteiger partial charge >= 0.3 is 12.1 Å². The number of urea groups is 2. The molecule has 8 heteroatoms. The van der Waals surface area contributed by atoms with Crippen LogP contribution in [0, 0.1) is 0 Å². The Kier molecular flexibility index (Phi) is 28.9. The first kappa shape index (κ1) is 48.0. The van der Waals surface area contributed by atoms with E-state index in [1.54, 1.807) is 0 Å². The van der Waals surface area contributed by atoms with Gasteiger partial charge in [-0.1, -0.05) is 129 Å². The number of hydrogen-bond acceptors (Lipinski definition) is 4. The average Bonchev–Trinajstić information content (AvgIpc) is 3.17. The SMILES string of the molecule is CCCCCCN(CCCCCC)CCCCNC(=O)Nc1cccc(Cc2cccc(NC(=O)NCCCCN(CCCCCC)CCCCCC)c2)c1. The fraction of sp³-hybridized carbons (Fsp3) is 0.702. The van der Waals surface area contributed by atoms with Gasteiger partial charge in [0.15, 0.2) is 0 Å². The van der Waals surface area contributed by atoms with Gasteiger partial charge in [0.2, 0.25) is 0 Å². The van der Waals surface area contributed by atoms with Crippen LogP contribution in [0.2, 0.25) is 0 Å². The predicted molar refractivity (Wildman–Crippen MR) is 238 cm³/mol. The molecule has 312 valence electrons. The van der Waals surface area contributed by atoms with Crippen LogP contribution < -0.4 is 21.3 Å². The van der Waals surface area contributed by atoms with Gasteiger partial charge in [0, 0.05) is 24.5 Å². The Balaban J connectivity index is 1.71. The normalized spacial score (nSPS) is 11.3. The lowest BCUT2D eigenvalue weighted by Crippen LogP contribution is -2.31. The van der Waals surface area contributed by atoms with Gasteiger partial charge in [-0.3, -0.25) is 0 Å². The minimum atomic E-state index is -0.160. The van der Waals surface area contributed by atoms with Gasteiger partial charge in [-0.15, -0.1) is 0 Å². The number of amides is 4. The maximum Gasteiger partial charge on any atom is 0.319 e. The van der Waals surface area contributed by atoms with Crippen LogP contribution in [0.4, 0.5) is 21.0 Å². The highest BCUT2D eigenvalue weighted by Gasteiger charge is 2.09. The van der Waals surface area contributed by atoms with Gasteiger partial charge in [0.25, 0.3) is 0 Å². The van der Waals surface area contributed by atoms with Crippen LogP contribution in [0.25, 0.3) is 0 Å². The molecular weight excluding hydrogens is 681 g/mol. The molecule has 0 aliphatic heterocycles. The summed E-state index contributed by atoms with van der Waals surface area (Å²) in [7, 11) is 0. The molecule has 2 rings (SSSR count). The minimum Gasteiger partial charge on any atom is -0.338 e. The zero-order valence-electron chi connectivity index (χ0n) is 35.8. The van der Waals surface area contributed by atoms with E-state index in [0.29, 0.717) is 19.5 Å². The van der Waals surface area contributed by atoms with E-state index in [2.05, 4.69) is 70.9 Å². The van der Waals surface area contributed by atoms with Crippen molar-refractivity contribution in [3.05, 3.63) is 59.7 Å². The summed E-state index contributed by atoms with van der Waals surface area (Å²) in [5.74, 6) is 0. The maximum atomic E-state index is 12.7. The van der Waals surface area contributed by atoms with E-state index in [9.17, 15) is 9.59 Å². The fourth-order valence-corrected chi connectivity index (χ4v) is 7.15. The molecule has 0 saturated heterocycles. The van der Waals surface area contributed by atoms with Gasteiger partial charge in [-0.2, -0.15) is 0 Å². The Morgan fingerprint density at radius 2 is 0.764 bits per heavy atom. The number of benzene rings is 2. The summed E-state index contributed by atoms with van der Waals surface area (Å²) in [6.45, 7) is 17.5. The molecule has 0 unspecified atom stereocenters. The first-order valence-corrected chi connectivity index (χ1v) is 22.7. The van der Waals surface area contributed by atoms with Crippen molar-refractivity contribution in [1.29, 1.82) is 0 Å². The van der Waals surface area contributed by atoms with Crippen molar-refractivity contribution in [3.63, 3.8) is 0 Å². The predicted octanol–water partition coefficient (Wildman–Crippen LogP) is 12.0. The van der Waals surface area contributed by atoms with E-state index in [1.165, 1.54) is 129 Å². The van der Waals surface area contributed by atoms with Gasteiger partial charge in [-0.05, 0) is 132 Å². The second-order valence-corrected chi connectivity index (χ2v) is 15.7. The smallest absolute Gasteiger partial charge is 0.319 e. The molecule has 4 N–H and O–H groups in total. The van der Waals surface area contributed by atoms with E-state index in [-0.39, 0.29) is 12.1 Å². The standard InChI is InChI=1S/C47H82N6O2/c1-5-9-13-19-33-52(34-20-14-10-6-2)37-23-17-31-48-46(54)50-44-29-25-27-42(40-44)39-43-28-26-30-45(41-43)51-47(55)49-32-18-24-38-53(35-21-15-11-7-3)36-22-16-12-8-4/h25-30,40-41H,5-24,31-39H2,1-4H3,(H2,48,50,54)(H2,49,51,55). The van der Waals surface area contributed by atoms with Crippen molar-refractivity contribution in [2.75, 3.05) is 63.0 Å². The first-order chi connectivity index (χ1) is 27.0. The van der Waals surface area contributed by atoms with E-state index < -0.39 is 0 Å². The number of carbonyl (C=O) groups is 2. The molecule has 0 aliphatic rings. The van der Waals surface area contributed by atoms with Crippen molar-refractivity contribution in [2.45, 2.75) is 163 Å². The van der Waals surface area contributed by atoms with Gasteiger partial charge in [0.1, 0.15) is 0 Å². The molecular formula is C47H82N6O2. The third-order valence-electron chi connectivity index (χ3n) is 10.5. The number of carbonyl (C=O) groups excluding carboxylic acids is 2. The largest absolute Gasteiger partial charge is 0.338 e. The summed E-state index contributed by atoms with van der Waals surface area (Å²) in [5.41, 5.74) is 3.76.